The topological polar surface area (TPSA) is 56.5 Å². The van der Waals surface area contributed by atoms with Gasteiger partial charge < -0.3 is 20.5 Å². The molecule has 4 heteroatoms. The Kier molecular flexibility index (Phi) is 11.8. The van der Waals surface area contributed by atoms with Gasteiger partial charge in [-0.2, -0.15) is 0 Å². The van der Waals surface area contributed by atoms with Crippen LogP contribution in [0.1, 0.15) is 26.2 Å². The predicted molar refractivity (Wildman–Crippen MR) is 63.1 cm³/mol. The summed E-state index contributed by atoms with van der Waals surface area (Å²) in [6, 6.07) is 0.431. The Bertz CT molecular complexity index is 123. The van der Waals surface area contributed by atoms with Crippen LogP contribution in [0.3, 0.4) is 0 Å². The molecule has 1 unspecified atom stereocenters. The zero-order valence-electron chi connectivity index (χ0n) is 10.1. The highest BCUT2D eigenvalue weighted by Gasteiger charge is 2.05. The van der Waals surface area contributed by atoms with Crippen LogP contribution in [-0.2, 0) is 9.47 Å². The van der Waals surface area contributed by atoms with E-state index in [1.165, 1.54) is 0 Å². The number of nitrogens with two attached hydrogens (primary N) is 1. The van der Waals surface area contributed by atoms with Crippen LogP contribution in [-0.4, -0.2) is 46.1 Å². The number of hydrogen-bond donors (Lipinski definition) is 2. The molecule has 0 fully saturated rings. The summed E-state index contributed by atoms with van der Waals surface area (Å²) < 4.78 is 10.4. The summed E-state index contributed by atoms with van der Waals surface area (Å²) in [5.74, 6) is 0. The van der Waals surface area contributed by atoms with E-state index in [9.17, 15) is 0 Å². The first-order valence-corrected chi connectivity index (χ1v) is 5.85. The summed E-state index contributed by atoms with van der Waals surface area (Å²) in [5.41, 5.74) is 5.48. The van der Waals surface area contributed by atoms with Crippen LogP contribution in [0.2, 0.25) is 0 Å². The molecular formula is C11H26N2O2. The van der Waals surface area contributed by atoms with Gasteiger partial charge in [-0.25, -0.2) is 0 Å². The minimum Gasteiger partial charge on any atom is -0.383 e. The number of ether oxygens (including phenoxy) is 2. The third kappa shape index (κ3) is 10.1. The lowest BCUT2D eigenvalue weighted by Crippen LogP contribution is -2.34. The van der Waals surface area contributed by atoms with Gasteiger partial charge >= 0.3 is 0 Å². The summed E-state index contributed by atoms with van der Waals surface area (Å²) in [6.45, 7) is 6.14. The first-order chi connectivity index (χ1) is 7.35. The second kappa shape index (κ2) is 11.9. The Labute approximate surface area is 93.5 Å². The SMILES string of the molecule is CCOCCCNC(CCCN)COC. The van der Waals surface area contributed by atoms with Crippen LogP contribution >= 0.6 is 0 Å². The molecule has 3 N–H and O–H groups in total. The molecule has 0 radical (unpaired) electrons. The van der Waals surface area contributed by atoms with E-state index >= 15 is 0 Å². The molecule has 0 aliphatic heterocycles. The zero-order valence-corrected chi connectivity index (χ0v) is 10.1. The molecule has 0 spiro atoms. The highest BCUT2D eigenvalue weighted by atomic mass is 16.5. The summed E-state index contributed by atoms with van der Waals surface area (Å²) in [7, 11) is 1.73. The van der Waals surface area contributed by atoms with Gasteiger partial charge in [-0.05, 0) is 39.3 Å². The van der Waals surface area contributed by atoms with E-state index < -0.39 is 0 Å². The van der Waals surface area contributed by atoms with E-state index in [0.717, 1.165) is 52.2 Å². The Hall–Kier alpha value is -0.160. The van der Waals surface area contributed by atoms with Crippen molar-refractivity contribution >= 4 is 0 Å². The molecule has 0 bridgehead atoms. The molecule has 0 saturated heterocycles. The molecule has 0 aliphatic carbocycles. The van der Waals surface area contributed by atoms with Crippen LogP contribution in [0.15, 0.2) is 0 Å². The standard InChI is InChI=1S/C11H26N2O2/c1-3-15-9-5-8-13-11(10-14-2)6-4-7-12/h11,13H,3-10,12H2,1-2H3. The molecule has 0 aliphatic rings. The van der Waals surface area contributed by atoms with E-state index in [4.69, 9.17) is 15.2 Å². The lowest BCUT2D eigenvalue weighted by molar-refractivity contribution is 0.137. The van der Waals surface area contributed by atoms with Crippen LogP contribution in [0, 0.1) is 0 Å². The number of methoxy groups -OCH3 is 1. The molecule has 1 atom stereocenters. The number of nitrogens with one attached hydrogen (secondary N) is 1. The monoisotopic (exact) mass is 218 g/mol. The lowest BCUT2D eigenvalue weighted by Gasteiger charge is -2.17. The molecular weight excluding hydrogens is 192 g/mol. The van der Waals surface area contributed by atoms with Crippen LogP contribution in [0.4, 0.5) is 0 Å². The van der Waals surface area contributed by atoms with Crippen molar-refractivity contribution in [1.29, 1.82) is 0 Å². The maximum absolute atomic E-state index is 5.48. The number of rotatable bonds is 11. The van der Waals surface area contributed by atoms with E-state index in [1.807, 2.05) is 6.92 Å². The summed E-state index contributed by atoms with van der Waals surface area (Å²) in [6.07, 6.45) is 3.18. The predicted octanol–water partition coefficient (Wildman–Crippen LogP) is 0.757. The highest BCUT2D eigenvalue weighted by Crippen LogP contribution is 1.97. The molecule has 0 rings (SSSR count). The second-order valence-corrected chi connectivity index (χ2v) is 3.59. The lowest BCUT2D eigenvalue weighted by atomic mass is 10.1. The third-order valence-electron chi connectivity index (χ3n) is 2.23. The van der Waals surface area contributed by atoms with Crippen LogP contribution in [0.5, 0.6) is 0 Å². The van der Waals surface area contributed by atoms with Crippen molar-refractivity contribution in [3.8, 4) is 0 Å². The van der Waals surface area contributed by atoms with E-state index in [1.54, 1.807) is 7.11 Å². The van der Waals surface area contributed by atoms with Gasteiger partial charge in [0.05, 0.1) is 6.61 Å². The molecule has 0 amide bonds. The quantitative estimate of drug-likeness (QED) is 0.503. The first-order valence-electron chi connectivity index (χ1n) is 5.85. The normalized spacial score (nSPS) is 13.0. The van der Waals surface area contributed by atoms with Crippen molar-refractivity contribution < 1.29 is 9.47 Å². The van der Waals surface area contributed by atoms with E-state index in [0.29, 0.717) is 6.04 Å². The Morgan fingerprint density at radius 2 is 2.13 bits per heavy atom. The minimum absolute atomic E-state index is 0.431. The first kappa shape index (κ1) is 14.8. The fourth-order valence-electron chi connectivity index (χ4n) is 1.43. The van der Waals surface area contributed by atoms with Gasteiger partial charge in [-0.15, -0.1) is 0 Å². The zero-order chi connectivity index (χ0) is 11.4. The number of hydrogen-bond acceptors (Lipinski definition) is 4. The van der Waals surface area contributed by atoms with Gasteiger partial charge in [0, 0.05) is 26.4 Å². The third-order valence-corrected chi connectivity index (χ3v) is 2.23. The fraction of sp³-hybridized carbons (Fsp3) is 1.00. The summed E-state index contributed by atoms with van der Waals surface area (Å²) in [5, 5.41) is 3.45. The second-order valence-electron chi connectivity index (χ2n) is 3.59. The maximum Gasteiger partial charge on any atom is 0.0615 e. The highest BCUT2D eigenvalue weighted by molar-refractivity contribution is 4.66. The smallest absolute Gasteiger partial charge is 0.0615 e. The van der Waals surface area contributed by atoms with Crippen LogP contribution in [0.25, 0.3) is 0 Å². The average Bonchev–Trinajstić information content (AvgIpc) is 2.25. The molecule has 15 heavy (non-hydrogen) atoms. The largest absolute Gasteiger partial charge is 0.383 e. The van der Waals surface area contributed by atoms with Crippen molar-refractivity contribution in [2.24, 2.45) is 5.73 Å². The molecule has 92 valence electrons. The maximum atomic E-state index is 5.48. The van der Waals surface area contributed by atoms with Crippen LogP contribution < -0.4 is 11.1 Å². The van der Waals surface area contributed by atoms with Crippen molar-refractivity contribution in [3.05, 3.63) is 0 Å². The molecule has 0 aromatic heterocycles. The van der Waals surface area contributed by atoms with Gasteiger partial charge in [0.15, 0.2) is 0 Å². The van der Waals surface area contributed by atoms with E-state index in [-0.39, 0.29) is 0 Å². The Morgan fingerprint density at radius 3 is 2.73 bits per heavy atom. The van der Waals surface area contributed by atoms with Gasteiger partial charge in [0.1, 0.15) is 0 Å². The minimum atomic E-state index is 0.431. The van der Waals surface area contributed by atoms with Crippen molar-refractivity contribution in [2.45, 2.75) is 32.2 Å². The molecule has 0 heterocycles. The van der Waals surface area contributed by atoms with Gasteiger partial charge in [-0.3, -0.25) is 0 Å². The van der Waals surface area contributed by atoms with Crippen molar-refractivity contribution in [3.63, 3.8) is 0 Å². The molecule has 0 saturated carbocycles. The summed E-state index contributed by atoms with van der Waals surface area (Å²) >= 11 is 0. The van der Waals surface area contributed by atoms with Crippen molar-refractivity contribution in [2.75, 3.05) is 40.0 Å². The van der Waals surface area contributed by atoms with Gasteiger partial charge in [-0.1, -0.05) is 0 Å². The fourth-order valence-corrected chi connectivity index (χ4v) is 1.43. The molecule has 4 nitrogen and oxygen atoms in total. The summed E-state index contributed by atoms with van der Waals surface area (Å²) in [4.78, 5) is 0. The molecule has 0 aromatic rings. The molecule has 0 aromatic carbocycles. The van der Waals surface area contributed by atoms with E-state index in [2.05, 4.69) is 5.32 Å². The average molecular weight is 218 g/mol. The van der Waals surface area contributed by atoms with Gasteiger partial charge in [0.2, 0.25) is 0 Å². The van der Waals surface area contributed by atoms with Gasteiger partial charge in [0.25, 0.3) is 0 Å². The van der Waals surface area contributed by atoms with Crippen molar-refractivity contribution in [1.82, 2.24) is 5.32 Å². The Morgan fingerprint density at radius 1 is 1.33 bits per heavy atom. The Balaban J connectivity index is 3.38.